The van der Waals surface area contributed by atoms with E-state index >= 15 is 0 Å². The molecule has 0 amide bonds. The van der Waals surface area contributed by atoms with Crippen LogP contribution in [0.3, 0.4) is 0 Å². The van der Waals surface area contributed by atoms with Crippen molar-refractivity contribution in [1.29, 1.82) is 0 Å². The number of amidine groups is 1. The number of hydrogen-bond acceptors (Lipinski definition) is 2. The van der Waals surface area contributed by atoms with E-state index in [1.807, 2.05) is 51.1 Å². The Balaban J connectivity index is 2.54. The molecule has 0 heterocycles. The highest BCUT2D eigenvalue weighted by Gasteiger charge is 2.10. The van der Waals surface area contributed by atoms with Crippen molar-refractivity contribution in [3.05, 3.63) is 30.3 Å². The zero-order chi connectivity index (χ0) is 11.3. The van der Waals surface area contributed by atoms with Crippen molar-refractivity contribution in [2.24, 2.45) is 10.7 Å². The van der Waals surface area contributed by atoms with Crippen molar-refractivity contribution in [3.63, 3.8) is 0 Å². The lowest BCUT2D eigenvalue weighted by Crippen LogP contribution is -2.27. The van der Waals surface area contributed by atoms with E-state index in [9.17, 15) is 0 Å². The van der Waals surface area contributed by atoms with Crippen molar-refractivity contribution >= 4 is 11.5 Å². The van der Waals surface area contributed by atoms with Crippen LogP contribution in [0.2, 0.25) is 0 Å². The van der Waals surface area contributed by atoms with Crippen molar-refractivity contribution in [2.45, 2.75) is 26.4 Å². The summed E-state index contributed by atoms with van der Waals surface area (Å²) in [6.07, 6.45) is 0. The largest absolute Gasteiger partial charge is 0.385 e. The van der Waals surface area contributed by atoms with Gasteiger partial charge in [0.2, 0.25) is 0 Å². The molecular formula is C12H18N2O. The summed E-state index contributed by atoms with van der Waals surface area (Å²) in [4.78, 5) is 4.23. The molecule has 0 aromatic heterocycles. The van der Waals surface area contributed by atoms with E-state index in [0.29, 0.717) is 12.4 Å². The van der Waals surface area contributed by atoms with Crippen LogP contribution in [0.25, 0.3) is 0 Å². The third-order valence-corrected chi connectivity index (χ3v) is 1.68. The maximum absolute atomic E-state index is 5.74. The maximum atomic E-state index is 5.74. The van der Waals surface area contributed by atoms with Gasteiger partial charge in [0.1, 0.15) is 12.4 Å². The molecule has 0 aliphatic heterocycles. The quantitative estimate of drug-likeness (QED) is 0.610. The Morgan fingerprint density at radius 3 is 2.40 bits per heavy atom. The molecule has 2 N–H and O–H groups in total. The summed E-state index contributed by atoms with van der Waals surface area (Å²) in [5, 5.41) is 0. The van der Waals surface area contributed by atoms with Gasteiger partial charge in [-0.25, -0.2) is 4.99 Å². The molecule has 1 rings (SSSR count). The normalized spacial score (nSPS) is 12.9. The molecule has 0 spiro atoms. The van der Waals surface area contributed by atoms with E-state index in [1.54, 1.807) is 0 Å². The van der Waals surface area contributed by atoms with E-state index in [-0.39, 0.29) is 5.60 Å². The molecule has 1 aromatic rings. The number of nitrogens with zero attached hydrogens (tertiary/aromatic N) is 1. The van der Waals surface area contributed by atoms with Crippen LogP contribution in [-0.4, -0.2) is 18.0 Å². The van der Waals surface area contributed by atoms with E-state index < -0.39 is 0 Å². The lowest BCUT2D eigenvalue weighted by atomic mass is 10.2. The minimum absolute atomic E-state index is 0.184. The second kappa shape index (κ2) is 4.94. The number of benzene rings is 1. The molecule has 0 aliphatic carbocycles. The molecule has 3 nitrogen and oxygen atoms in total. The van der Waals surface area contributed by atoms with Crippen molar-refractivity contribution in [1.82, 2.24) is 0 Å². The fraction of sp³-hybridized carbons (Fsp3) is 0.417. The summed E-state index contributed by atoms with van der Waals surface area (Å²) in [6.45, 7) is 6.33. The van der Waals surface area contributed by atoms with Crippen LogP contribution >= 0.6 is 0 Å². The number of para-hydroxylation sites is 1. The predicted molar refractivity (Wildman–Crippen MR) is 63.4 cm³/mol. The Labute approximate surface area is 91.0 Å². The SMILES string of the molecule is CC(C)(C)OCC(N)=Nc1ccccc1. The first-order chi connectivity index (χ1) is 6.97. The van der Waals surface area contributed by atoms with Gasteiger partial charge in [-0.15, -0.1) is 0 Å². The molecule has 0 fully saturated rings. The molecule has 0 saturated heterocycles. The van der Waals surface area contributed by atoms with Gasteiger partial charge in [-0.2, -0.15) is 0 Å². The minimum atomic E-state index is -0.184. The van der Waals surface area contributed by atoms with Gasteiger partial charge in [-0.1, -0.05) is 18.2 Å². The molecule has 82 valence electrons. The molecule has 3 heteroatoms. The Hall–Kier alpha value is -1.35. The Bertz CT molecular complexity index is 325. The fourth-order valence-corrected chi connectivity index (χ4v) is 0.991. The second-order valence-electron chi connectivity index (χ2n) is 4.34. The van der Waals surface area contributed by atoms with E-state index in [1.165, 1.54) is 0 Å². The molecule has 0 radical (unpaired) electrons. The van der Waals surface area contributed by atoms with Crippen LogP contribution in [0, 0.1) is 0 Å². The Kier molecular flexibility index (Phi) is 3.86. The summed E-state index contributed by atoms with van der Waals surface area (Å²) < 4.78 is 5.51. The van der Waals surface area contributed by atoms with Gasteiger partial charge in [-0.05, 0) is 32.9 Å². The van der Waals surface area contributed by atoms with E-state index in [4.69, 9.17) is 10.5 Å². The lowest BCUT2D eigenvalue weighted by molar-refractivity contribution is 0.0209. The van der Waals surface area contributed by atoms with E-state index in [0.717, 1.165) is 5.69 Å². The molecule has 0 aliphatic rings. The van der Waals surface area contributed by atoms with Crippen molar-refractivity contribution in [2.75, 3.05) is 6.61 Å². The van der Waals surface area contributed by atoms with Crippen LogP contribution in [0.1, 0.15) is 20.8 Å². The number of hydrogen-bond donors (Lipinski definition) is 1. The van der Waals surface area contributed by atoms with E-state index in [2.05, 4.69) is 4.99 Å². The maximum Gasteiger partial charge on any atom is 0.126 e. The fourth-order valence-electron chi connectivity index (χ4n) is 0.991. The number of aliphatic imine (C=N–C) groups is 1. The van der Waals surface area contributed by atoms with Crippen LogP contribution < -0.4 is 5.73 Å². The molecule has 0 atom stereocenters. The van der Waals surface area contributed by atoms with Gasteiger partial charge in [0.05, 0.1) is 11.3 Å². The summed E-state index contributed by atoms with van der Waals surface area (Å²) in [6, 6.07) is 9.61. The molecule has 1 aromatic carbocycles. The van der Waals surface area contributed by atoms with Gasteiger partial charge < -0.3 is 10.5 Å². The zero-order valence-corrected chi connectivity index (χ0v) is 9.53. The summed E-state index contributed by atoms with van der Waals surface area (Å²) in [5.41, 5.74) is 6.41. The minimum Gasteiger partial charge on any atom is -0.385 e. The van der Waals surface area contributed by atoms with Crippen molar-refractivity contribution in [3.8, 4) is 0 Å². The van der Waals surface area contributed by atoms with Gasteiger partial charge in [0.15, 0.2) is 0 Å². The first-order valence-corrected chi connectivity index (χ1v) is 4.99. The van der Waals surface area contributed by atoms with Gasteiger partial charge in [-0.3, -0.25) is 0 Å². The summed E-state index contributed by atoms with van der Waals surface area (Å²) >= 11 is 0. The topological polar surface area (TPSA) is 47.6 Å². The third kappa shape index (κ3) is 5.18. The highest BCUT2D eigenvalue weighted by Crippen LogP contribution is 2.10. The number of ether oxygens (including phenoxy) is 1. The van der Waals surface area contributed by atoms with Crippen molar-refractivity contribution < 1.29 is 4.74 Å². The summed E-state index contributed by atoms with van der Waals surface area (Å²) in [7, 11) is 0. The first kappa shape index (κ1) is 11.7. The monoisotopic (exact) mass is 206 g/mol. The van der Waals surface area contributed by atoms with Crippen LogP contribution in [0.4, 0.5) is 5.69 Å². The van der Waals surface area contributed by atoms with Gasteiger partial charge >= 0.3 is 0 Å². The Morgan fingerprint density at radius 2 is 1.87 bits per heavy atom. The zero-order valence-electron chi connectivity index (χ0n) is 9.53. The average molecular weight is 206 g/mol. The van der Waals surface area contributed by atoms with Crippen LogP contribution in [0.15, 0.2) is 35.3 Å². The third-order valence-electron chi connectivity index (χ3n) is 1.68. The first-order valence-electron chi connectivity index (χ1n) is 4.99. The lowest BCUT2D eigenvalue weighted by Gasteiger charge is -2.18. The average Bonchev–Trinajstić information content (AvgIpc) is 2.15. The highest BCUT2D eigenvalue weighted by atomic mass is 16.5. The molecule has 0 saturated carbocycles. The smallest absolute Gasteiger partial charge is 0.126 e. The van der Waals surface area contributed by atoms with Gasteiger partial charge in [0.25, 0.3) is 0 Å². The molecular weight excluding hydrogens is 188 g/mol. The summed E-state index contributed by atoms with van der Waals surface area (Å²) in [5.74, 6) is 0.496. The number of rotatable bonds is 3. The standard InChI is InChI=1S/C12H18N2O/c1-12(2,3)15-9-11(13)14-10-7-5-4-6-8-10/h4-8H,9H2,1-3H3,(H2,13,14). The number of nitrogens with two attached hydrogens (primary N) is 1. The Morgan fingerprint density at radius 1 is 1.27 bits per heavy atom. The second-order valence-corrected chi connectivity index (χ2v) is 4.34. The highest BCUT2D eigenvalue weighted by molar-refractivity contribution is 5.84. The van der Waals surface area contributed by atoms with Crippen LogP contribution in [0.5, 0.6) is 0 Å². The molecule has 0 bridgehead atoms. The molecule has 0 unspecified atom stereocenters. The van der Waals surface area contributed by atoms with Gasteiger partial charge in [0, 0.05) is 0 Å². The van der Waals surface area contributed by atoms with Crippen LogP contribution in [-0.2, 0) is 4.74 Å². The molecule has 15 heavy (non-hydrogen) atoms. The predicted octanol–water partition coefficient (Wildman–Crippen LogP) is 2.49.